The molecule has 1 unspecified atom stereocenters. The van der Waals surface area contributed by atoms with Crippen LogP contribution >= 0.6 is 0 Å². The van der Waals surface area contributed by atoms with Crippen LogP contribution in [0.1, 0.15) is 42.9 Å². The third-order valence-electron chi connectivity index (χ3n) is 3.85. The Bertz CT molecular complexity index is 394. The lowest BCUT2D eigenvalue weighted by atomic mass is 9.75. The zero-order valence-corrected chi connectivity index (χ0v) is 10.4. The molecule has 1 aromatic rings. The van der Waals surface area contributed by atoms with E-state index in [1.807, 2.05) is 6.92 Å². The molecule has 0 radical (unpaired) electrons. The van der Waals surface area contributed by atoms with Gasteiger partial charge >= 0.3 is 0 Å². The molecule has 1 aliphatic rings. The Labute approximate surface area is 101 Å². The third kappa shape index (κ3) is 2.50. The maximum Gasteiger partial charge on any atom is 0.123 e. The lowest BCUT2D eigenvalue weighted by molar-refractivity contribution is -0.0999. The van der Waals surface area contributed by atoms with Crippen LogP contribution in [0.15, 0.2) is 18.2 Å². The van der Waals surface area contributed by atoms with E-state index >= 15 is 0 Å². The quantitative estimate of drug-likeness (QED) is 0.873. The van der Waals surface area contributed by atoms with Gasteiger partial charge in [-0.15, -0.1) is 0 Å². The van der Waals surface area contributed by atoms with E-state index in [0.717, 1.165) is 30.4 Å². The van der Waals surface area contributed by atoms with Crippen molar-refractivity contribution in [2.45, 2.75) is 44.3 Å². The lowest BCUT2D eigenvalue weighted by Crippen LogP contribution is -2.40. The number of hydrogen-bond acceptors (Lipinski definition) is 2. The molecule has 1 fully saturated rings. The third-order valence-corrected chi connectivity index (χ3v) is 3.85. The molecule has 1 N–H and O–H groups in total. The fraction of sp³-hybridized carbons (Fsp3) is 0.571. The molecule has 1 aliphatic carbocycles. The first-order valence-electron chi connectivity index (χ1n) is 6.06. The number of aryl methyl sites for hydroxylation is 1. The van der Waals surface area contributed by atoms with Crippen molar-refractivity contribution in [2.75, 3.05) is 7.11 Å². The van der Waals surface area contributed by atoms with Crippen molar-refractivity contribution in [1.29, 1.82) is 0 Å². The van der Waals surface area contributed by atoms with Crippen LogP contribution in [-0.4, -0.2) is 17.8 Å². The summed E-state index contributed by atoms with van der Waals surface area (Å²) in [7, 11) is 1.70. The number of ether oxygens (including phenoxy) is 1. The van der Waals surface area contributed by atoms with E-state index in [9.17, 15) is 9.50 Å². The summed E-state index contributed by atoms with van der Waals surface area (Å²) in [6, 6.07) is 4.52. The Hall–Kier alpha value is -0.930. The van der Waals surface area contributed by atoms with Gasteiger partial charge in [-0.3, -0.25) is 0 Å². The average Bonchev–Trinajstić information content (AvgIpc) is 2.23. The van der Waals surface area contributed by atoms with Gasteiger partial charge in [-0.05, 0) is 49.4 Å². The highest BCUT2D eigenvalue weighted by atomic mass is 19.1. The summed E-state index contributed by atoms with van der Waals surface area (Å²) < 4.78 is 18.5. The van der Waals surface area contributed by atoms with Crippen molar-refractivity contribution in [1.82, 2.24) is 0 Å². The lowest BCUT2D eigenvalue weighted by Gasteiger charge is -2.42. The Kier molecular flexibility index (Phi) is 3.50. The maximum atomic E-state index is 13.0. The van der Waals surface area contributed by atoms with E-state index in [2.05, 4.69) is 0 Å². The van der Waals surface area contributed by atoms with Crippen LogP contribution < -0.4 is 0 Å². The fourth-order valence-corrected chi connectivity index (χ4v) is 2.54. The monoisotopic (exact) mass is 238 g/mol. The van der Waals surface area contributed by atoms with Gasteiger partial charge in [-0.1, -0.05) is 6.07 Å². The maximum absolute atomic E-state index is 13.0. The Morgan fingerprint density at radius 1 is 1.47 bits per heavy atom. The van der Waals surface area contributed by atoms with Gasteiger partial charge in [0.25, 0.3) is 0 Å². The van der Waals surface area contributed by atoms with Crippen LogP contribution in [0.5, 0.6) is 0 Å². The molecule has 0 heterocycles. The fourth-order valence-electron chi connectivity index (χ4n) is 2.54. The molecule has 1 aromatic carbocycles. The molecule has 94 valence electrons. The first-order chi connectivity index (χ1) is 8.06. The number of halogens is 1. The zero-order valence-electron chi connectivity index (χ0n) is 10.4. The van der Waals surface area contributed by atoms with Crippen molar-refractivity contribution in [2.24, 2.45) is 0 Å². The Morgan fingerprint density at radius 2 is 2.18 bits per heavy atom. The number of benzene rings is 1. The minimum Gasteiger partial charge on any atom is -0.388 e. The predicted octanol–water partition coefficient (Wildman–Crippen LogP) is 3.13. The number of methoxy groups -OCH3 is 1. The Balaban J connectivity index is 2.11. The molecule has 0 amide bonds. The summed E-state index contributed by atoms with van der Waals surface area (Å²) in [6.45, 7) is 1.82. The van der Waals surface area contributed by atoms with Crippen LogP contribution in [0, 0.1) is 12.7 Å². The first-order valence-corrected chi connectivity index (χ1v) is 6.06. The minimum absolute atomic E-state index is 0.166. The van der Waals surface area contributed by atoms with Gasteiger partial charge in [0.2, 0.25) is 0 Å². The van der Waals surface area contributed by atoms with E-state index in [1.165, 1.54) is 12.1 Å². The van der Waals surface area contributed by atoms with E-state index < -0.39 is 6.10 Å². The minimum atomic E-state index is -0.573. The number of rotatable bonds is 4. The number of aliphatic hydroxyl groups excluding tert-OH is 1. The van der Waals surface area contributed by atoms with Gasteiger partial charge in [-0.2, -0.15) is 0 Å². The summed E-state index contributed by atoms with van der Waals surface area (Å²) in [4.78, 5) is 0. The number of hydrogen-bond donors (Lipinski definition) is 1. The smallest absolute Gasteiger partial charge is 0.123 e. The van der Waals surface area contributed by atoms with Crippen molar-refractivity contribution in [3.05, 3.63) is 35.1 Å². The van der Waals surface area contributed by atoms with Gasteiger partial charge in [0.05, 0.1) is 11.7 Å². The molecular weight excluding hydrogens is 219 g/mol. The molecule has 0 aromatic heterocycles. The summed E-state index contributed by atoms with van der Waals surface area (Å²) in [5.41, 5.74) is 1.43. The molecule has 1 saturated carbocycles. The molecule has 0 bridgehead atoms. The molecule has 3 heteroatoms. The highest BCUT2D eigenvalue weighted by Crippen LogP contribution is 2.42. The summed E-state index contributed by atoms with van der Waals surface area (Å²) in [6.07, 6.45) is 3.18. The van der Waals surface area contributed by atoms with Gasteiger partial charge in [-0.25, -0.2) is 4.39 Å². The van der Waals surface area contributed by atoms with Gasteiger partial charge in [0.1, 0.15) is 5.82 Å². The first kappa shape index (κ1) is 12.5. The molecule has 17 heavy (non-hydrogen) atoms. The molecule has 0 spiro atoms. The van der Waals surface area contributed by atoms with Crippen LogP contribution in [0.2, 0.25) is 0 Å². The molecule has 0 aliphatic heterocycles. The van der Waals surface area contributed by atoms with E-state index in [1.54, 1.807) is 13.2 Å². The van der Waals surface area contributed by atoms with Crippen LogP contribution in [0.3, 0.4) is 0 Å². The second-order valence-electron chi connectivity index (χ2n) is 4.96. The largest absolute Gasteiger partial charge is 0.388 e. The van der Waals surface area contributed by atoms with Crippen molar-refractivity contribution < 1.29 is 14.2 Å². The van der Waals surface area contributed by atoms with E-state index in [0.29, 0.717) is 6.42 Å². The van der Waals surface area contributed by atoms with Crippen LogP contribution in [-0.2, 0) is 4.74 Å². The highest BCUT2D eigenvalue weighted by Gasteiger charge is 2.39. The molecule has 2 nitrogen and oxygen atoms in total. The summed E-state index contributed by atoms with van der Waals surface area (Å²) in [5, 5.41) is 10.2. The molecular formula is C14H19FO2. The van der Waals surface area contributed by atoms with E-state index in [-0.39, 0.29) is 11.4 Å². The SMILES string of the molecule is COC1(CC(O)c2ccc(F)cc2C)CCC1. The van der Waals surface area contributed by atoms with Crippen molar-refractivity contribution in [3.8, 4) is 0 Å². The normalized spacial score (nSPS) is 19.8. The molecule has 1 atom stereocenters. The standard InChI is InChI=1S/C14H19FO2/c1-10-8-11(15)4-5-12(10)13(16)9-14(17-2)6-3-7-14/h4-5,8,13,16H,3,6-7,9H2,1-2H3. The highest BCUT2D eigenvalue weighted by molar-refractivity contribution is 5.28. The predicted molar refractivity (Wildman–Crippen MR) is 64.3 cm³/mol. The van der Waals surface area contributed by atoms with Crippen LogP contribution in [0.25, 0.3) is 0 Å². The van der Waals surface area contributed by atoms with Crippen molar-refractivity contribution in [3.63, 3.8) is 0 Å². The topological polar surface area (TPSA) is 29.5 Å². The van der Waals surface area contributed by atoms with Gasteiger partial charge < -0.3 is 9.84 Å². The second-order valence-corrected chi connectivity index (χ2v) is 4.96. The van der Waals surface area contributed by atoms with Crippen LogP contribution in [0.4, 0.5) is 4.39 Å². The van der Waals surface area contributed by atoms with Gasteiger partial charge in [0, 0.05) is 13.5 Å². The van der Waals surface area contributed by atoms with Gasteiger partial charge in [0.15, 0.2) is 0 Å². The van der Waals surface area contributed by atoms with E-state index in [4.69, 9.17) is 4.74 Å². The number of aliphatic hydroxyl groups is 1. The Morgan fingerprint density at radius 3 is 2.65 bits per heavy atom. The second kappa shape index (κ2) is 4.75. The molecule has 2 rings (SSSR count). The van der Waals surface area contributed by atoms with Crippen molar-refractivity contribution >= 4 is 0 Å². The average molecular weight is 238 g/mol. The summed E-state index contributed by atoms with van der Waals surface area (Å²) in [5.74, 6) is -0.261. The zero-order chi connectivity index (χ0) is 12.5. The molecule has 0 saturated heterocycles. The summed E-state index contributed by atoms with van der Waals surface area (Å²) >= 11 is 0.